The Kier molecular flexibility index (Phi) is 5.47. The van der Waals surface area contributed by atoms with Gasteiger partial charge < -0.3 is 4.74 Å². The van der Waals surface area contributed by atoms with E-state index in [1.807, 2.05) is 25.1 Å². The van der Waals surface area contributed by atoms with E-state index in [0.29, 0.717) is 16.6 Å². The Hall–Kier alpha value is -0.580. The Balaban J connectivity index is 2.38. The van der Waals surface area contributed by atoms with Crippen molar-refractivity contribution in [2.75, 3.05) is 6.61 Å². The molecule has 0 aliphatic rings. The van der Waals surface area contributed by atoms with Gasteiger partial charge in [-0.3, -0.25) is 0 Å². The fraction of sp³-hybridized carbons (Fsp3) is 0.200. The monoisotopic (exact) mass is 420 g/mol. The van der Waals surface area contributed by atoms with Crippen molar-refractivity contribution in [1.29, 1.82) is 0 Å². The summed E-state index contributed by atoms with van der Waals surface area (Å²) < 4.78 is 20.7. The first-order chi connectivity index (χ1) is 9.54. The van der Waals surface area contributed by atoms with E-state index in [1.54, 1.807) is 18.2 Å². The summed E-state index contributed by atoms with van der Waals surface area (Å²) in [5, 5.41) is -0.572. The van der Waals surface area contributed by atoms with Gasteiger partial charge in [-0.2, -0.15) is 0 Å². The maximum absolute atomic E-state index is 14.1. The summed E-state index contributed by atoms with van der Waals surface area (Å²) in [4.78, 5) is 0. The van der Waals surface area contributed by atoms with Crippen LogP contribution < -0.4 is 4.74 Å². The summed E-state index contributed by atoms with van der Waals surface area (Å²) in [6.45, 7) is 2.51. The van der Waals surface area contributed by atoms with Crippen LogP contribution in [0.4, 0.5) is 4.39 Å². The average molecular weight is 423 g/mol. The van der Waals surface area contributed by atoms with Crippen LogP contribution in [0.1, 0.15) is 23.4 Å². The molecule has 0 aliphatic heterocycles. The fourth-order valence-electron chi connectivity index (χ4n) is 1.85. The third-order valence-electron chi connectivity index (χ3n) is 2.81. The second kappa shape index (κ2) is 6.92. The molecule has 20 heavy (non-hydrogen) atoms. The highest BCUT2D eigenvalue weighted by molar-refractivity contribution is 9.10. The largest absolute Gasteiger partial charge is 0.494 e. The normalized spacial score (nSPS) is 12.2. The maximum Gasteiger partial charge on any atom is 0.142 e. The smallest absolute Gasteiger partial charge is 0.142 e. The van der Waals surface area contributed by atoms with Gasteiger partial charge in [0.25, 0.3) is 0 Å². The molecule has 106 valence electrons. The summed E-state index contributed by atoms with van der Waals surface area (Å²) in [7, 11) is 0. The van der Waals surface area contributed by atoms with E-state index in [-0.39, 0.29) is 5.82 Å². The quantitative estimate of drug-likeness (QED) is 0.543. The highest BCUT2D eigenvalue weighted by atomic mass is 79.9. The zero-order chi connectivity index (χ0) is 14.7. The van der Waals surface area contributed by atoms with E-state index < -0.39 is 5.38 Å². The molecule has 0 radical (unpaired) electrons. The molecule has 0 fully saturated rings. The van der Waals surface area contributed by atoms with Gasteiger partial charge in [-0.1, -0.05) is 34.1 Å². The summed E-state index contributed by atoms with van der Waals surface area (Å²) in [6, 6.07) is 10.6. The van der Waals surface area contributed by atoms with Crippen LogP contribution in [0.3, 0.4) is 0 Å². The van der Waals surface area contributed by atoms with Crippen molar-refractivity contribution < 1.29 is 9.13 Å². The van der Waals surface area contributed by atoms with Crippen molar-refractivity contribution >= 4 is 43.5 Å². The zero-order valence-electron chi connectivity index (χ0n) is 10.7. The Labute approximate surface area is 139 Å². The van der Waals surface area contributed by atoms with Gasteiger partial charge in [-0.25, -0.2) is 4.39 Å². The number of ether oxygens (including phenoxy) is 1. The maximum atomic E-state index is 14.1. The van der Waals surface area contributed by atoms with Crippen LogP contribution in [-0.4, -0.2) is 6.61 Å². The lowest BCUT2D eigenvalue weighted by Gasteiger charge is -2.15. The molecule has 2 rings (SSSR count). The van der Waals surface area contributed by atoms with Crippen LogP contribution in [0.5, 0.6) is 5.75 Å². The fourth-order valence-corrected chi connectivity index (χ4v) is 3.31. The number of hydrogen-bond donors (Lipinski definition) is 0. The SMILES string of the molecule is CCOc1ccc(C(Cl)c2cccc(Br)c2F)c(Br)c1. The van der Waals surface area contributed by atoms with Gasteiger partial charge >= 0.3 is 0 Å². The molecule has 0 aromatic heterocycles. The lowest BCUT2D eigenvalue weighted by atomic mass is 10.0. The van der Waals surface area contributed by atoms with Crippen LogP contribution in [0.2, 0.25) is 0 Å². The van der Waals surface area contributed by atoms with E-state index in [1.165, 1.54) is 0 Å². The Morgan fingerprint density at radius 1 is 1.15 bits per heavy atom. The summed E-state index contributed by atoms with van der Waals surface area (Å²) in [6.07, 6.45) is 0. The van der Waals surface area contributed by atoms with Gasteiger partial charge in [0.05, 0.1) is 16.5 Å². The lowest BCUT2D eigenvalue weighted by molar-refractivity contribution is 0.340. The molecule has 5 heteroatoms. The minimum absolute atomic E-state index is 0.340. The number of alkyl halides is 1. The number of rotatable bonds is 4. The van der Waals surface area contributed by atoms with Crippen molar-refractivity contribution in [2.24, 2.45) is 0 Å². The average Bonchev–Trinajstić information content (AvgIpc) is 2.42. The van der Waals surface area contributed by atoms with Crippen LogP contribution in [0, 0.1) is 5.82 Å². The molecule has 0 bridgehead atoms. The molecule has 0 saturated heterocycles. The molecule has 0 spiro atoms. The number of benzene rings is 2. The van der Waals surface area contributed by atoms with E-state index >= 15 is 0 Å². The molecule has 0 aliphatic carbocycles. The molecule has 0 amide bonds. The molecule has 1 unspecified atom stereocenters. The Bertz CT molecular complexity index is 619. The van der Waals surface area contributed by atoms with Crippen molar-refractivity contribution in [3.05, 3.63) is 62.3 Å². The third-order valence-corrected chi connectivity index (χ3v) is 4.58. The second-order valence-electron chi connectivity index (χ2n) is 4.12. The van der Waals surface area contributed by atoms with Gasteiger partial charge in [0.2, 0.25) is 0 Å². The molecular weight excluding hydrogens is 410 g/mol. The first-order valence-corrected chi connectivity index (χ1v) is 8.07. The minimum Gasteiger partial charge on any atom is -0.494 e. The molecule has 1 nitrogen and oxygen atoms in total. The van der Waals surface area contributed by atoms with Gasteiger partial charge in [0.1, 0.15) is 11.6 Å². The Morgan fingerprint density at radius 2 is 1.90 bits per heavy atom. The highest BCUT2D eigenvalue weighted by Gasteiger charge is 2.19. The number of hydrogen-bond acceptors (Lipinski definition) is 1. The van der Waals surface area contributed by atoms with E-state index in [4.69, 9.17) is 16.3 Å². The highest BCUT2D eigenvalue weighted by Crippen LogP contribution is 2.37. The molecule has 2 aromatic rings. The second-order valence-corrected chi connectivity index (χ2v) is 6.27. The predicted molar refractivity (Wildman–Crippen MR) is 87.1 cm³/mol. The van der Waals surface area contributed by atoms with Crippen LogP contribution in [0.15, 0.2) is 45.3 Å². The van der Waals surface area contributed by atoms with Gasteiger partial charge in [-0.05, 0) is 46.6 Å². The van der Waals surface area contributed by atoms with Gasteiger partial charge in [0, 0.05) is 10.0 Å². The van der Waals surface area contributed by atoms with Gasteiger partial charge in [-0.15, -0.1) is 11.6 Å². The molecule has 0 saturated carbocycles. The van der Waals surface area contributed by atoms with Crippen molar-refractivity contribution in [2.45, 2.75) is 12.3 Å². The van der Waals surface area contributed by atoms with E-state index in [0.717, 1.165) is 15.8 Å². The molecule has 2 aromatic carbocycles. The van der Waals surface area contributed by atoms with Crippen LogP contribution in [-0.2, 0) is 0 Å². The first kappa shape index (κ1) is 15.8. The topological polar surface area (TPSA) is 9.23 Å². The van der Waals surface area contributed by atoms with E-state index in [9.17, 15) is 4.39 Å². The van der Waals surface area contributed by atoms with Crippen LogP contribution >= 0.6 is 43.5 Å². The zero-order valence-corrected chi connectivity index (χ0v) is 14.6. The standard InChI is InChI=1S/C15H12Br2ClFO/c1-2-20-9-6-7-10(13(17)8-9)14(18)11-4-3-5-12(16)15(11)19/h3-8,14H,2H2,1H3. The third kappa shape index (κ3) is 3.35. The predicted octanol–water partition coefficient (Wildman–Crippen LogP) is 6.08. The Morgan fingerprint density at radius 3 is 2.55 bits per heavy atom. The summed E-state index contributed by atoms with van der Waals surface area (Å²) in [5.74, 6) is 0.412. The number of halogens is 4. The first-order valence-electron chi connectivity index (χ1n) is 6.04. The molecular formula is C15H12Br2ClFO. The molecule has 1 atom stereocenters. The molecule has 0 N–H and O–H groups in total. The summed E-state index contributed by atoms with van der Waals surface area (Å²) in [5.41, 5.74) is 1.23. The van der Waals surface area contributed by atoms with Crippen molar-refractivity contribution in [3.8, 4) is 5.75 Å². The minimum atomic E-state index is -0.572. The lowest BCUT2D eigenvalue weighted by Crippen LogP contribution is -1.99. The van der Waals surface area contributed by atoms with E-state index in [2.05, 4.69) is 31.9 Å². The molecule has 0 heterocycles. The van der Waals surface area contributed by atoms with Crippen molar-refractivity contribution in [1.82, 2.24) is 0 Å². The summed E-state index contributed by atoms with van der Waals surface area (Å²) >= 11 is 13.0. The van der Waals surface area contributed by atoms with Crippen LogP contribution in [0.25, 0.3) is 0 Å². The van der Waals surface area contributed by atoms with Gasteiger partial charge in [0.15, 0.2) is 0 Å². The van der Waals surface area contributed by atoms with Crippen molar-refractivity contribution in [3.63, 3.8) is 0 Å².